The van der Waals surface area contributed by atoms with Crippen molar-refractivity contribution in [2.75, 3.05) is 20.3 Å². The second-order valence-electron chi connectivity index (χ2n) is 6.63. The van der Waals surface area contributed by atoms with Gasteiger partial charge < -0.3 is 20.1 Å². The van der Waals surface area contributed by atoms with Crippen molar-refractivity contribution < 1.29 is 14.3 Å². The van der Waals surface area contributed by atoms with E-state index in [2.05, 4.69) is 35.1 Å². The number of methoxy groups -OCH3 is 1. The number of hydrogen-bond donors (Lipinski definition) is 2. The standard InChI is InChI=1S/C17H30N2O3S/c1-13(15-9-7-11-23-15)19-14(12-21-5)8-6-10-18-16(20)22-17(2,3)4/h7,9,11,13-14,19H,6,8,10,12H2,1-5H3,(H,18,20)/t13-,14?/m0/s1. The molecule has 0 aliphatic rings. The number of amides is 1. The van der Waals surface area contributed by atoms with E-state index in [0.717, 1.165) is 12.8 Å². The smallest absolute Gasteiger partial charge is 0.407 e. The summed E-state index contributed by atoms with van der Waals surface area (Å²) >= 11 is 1.75. The van der Waals surface area contributed by atoms with Crippen molar-refractivity contribution in [3.63, 3.8) is 0 Å². The summed E-state index contributed by atoms with van der Waals surface area (Å²) in [6.45, 7) is 8.99. The van der Waals surface area contributed by atoms with E-state index < -0.39 is 5.60 Å². The summed E-state index contributed by atoms with van der Waals surface area (Å²) in [5, 5.41) is 8.46. The molecule has 0 spiro atoms. The number of nitrogens with one attached hydrogen (secondary N) is 2. The highest BCUT2D eigenvalue weighted by atomic mass is 32.1. The van der Waals surface area contributed by atoms with Gasteiger partial charge in [0.15, 0.2) is 0 Å². The maximum absolute atomic E-state index is 11.6. The average Bonchev–Trinajstić information content (AvgIpc) is 2.95. The van der Waals surface area contributed by atoms with E-state index in [1.807, 2.05) is 20.8 Å². The Morgan fingerprint density at radius 3 is 2.70 bits per heavy atom. The van der Waals surface area contributed by atoms with E-state index in [9.17, 15) is 4.79 Å². The molecular weight excluding hydrogens is 312 g/mol. The van der Waals surface area contributed by atoms with E-state index in [1.165, 1.54) is 4.88 Å². The fraction of sp³-hybridized carbons (Fsp3) is 0.706. The van der Waals surface area contributed by atoms with Crippen LogP contribution < -0.4 is 10.6 Å². The quantitative estimate of drug-likeness (QED) is 0.672. The van der Waals surface area contributed by atoms with Crippen molar-refractivity contribution in [2.45, 2.75) is 58.2 Å². The molecule has 2 N–H and O–H groups in total. The van der Waals surface area contributed by atoms with Gasteiger partial charge in [0.05, 0.1) is 6.61 Å². The molecule has 5 nitrogen and oxygen atoms in total. The molecule has 0 aliphatic carbocycles. The number of carbonyl (C=O) groups is 1. The number of carbonyl (C=O) groups excluding carboxylic acids is 1. The molecule has 132 valence electrons. The van der Waals surface area contributed by atoms with Gasteiger partial charge in [-0.25, -0.2) is 4.79 Å². The van der Waals surface area contributed by atoms with Crippen LogP contribution in [0.3, 0.4) is 0 Å². The van der Waals surface area contributed by atoms with Crippen LogP contribution in [0.5, 0.6) is 0 Å². The molecule has 1 amide bonds. The molecule has 0 saturated carbocycles. The van der Waals surface area contributed by atoms with Crippen molar-refractivity contribution in [3.05, 3.63) is 22.4 Å². The van der Waals surface area contributed by atoms with Crippen molar-refractivity contribution in [1.82, 2.24) is 10.6 Å². The monoisotopic (exact) mass is 342 g/mol. The minimum absolute atomic E-state index is 0.262. The summed E-state index contributed by atoms with van der Waals surface area (Å²) in [6, 6.07) is 4.76. The first kappa shape index (κ1) is 19.9. The largest absolute Gasteiger partial charge is 0.444 e. The number of hydrogen-bond acceptors (Lipinski definition) is 5. The third-order valence-corrected chi connectivity index (χ3v) is 4.28. The molecule has 6 heteroatoms. The summed E-state index contributed by atoms with van der Waals surface area (Å²) in [6.07, 6.45) is 1.44. The minimum atomic E-state index is -0.458. The lowest BCUT2D eigenvalue weighted by Crippen LogP contribution is -2.37. The molecule has 0 bridgehead atoms. The van der Waals surface area contributed by atoms with Crippen molar-refractivity contribution >= 4 is 17.4 Å². The van der Waals surface area contributed by atoms with Crippen molar-refractivity contribution in [3.8, 4) is 0 Å². The summed E-state index contributed by atoms with van der Waals surface area (Å²) in [7, 11) is 1.71. The summed E-state index contributed by atoms with van der Waals surface area (Å²) in [5.41, 5.74) is -0.458. The van der Waals surface area contributed by atoms with Gasteiger partial charge in [-0.1, -0.05) is 6.07 Å². The molecular formula is C17H30N2O3S. The van der Waals surface area contributed by atoms with E-state index in [1.54, 1.807) is 18.4 Å². The van der Waals surface area contributed by atoms with Crippen LogP contribution in [0.15, 0.2) is 17.5 Å². The molecule has 1 aromatic rings. The Labute approximate surface area is 143 Å². The van der Waals surface area contributed by atoms with Crippen molar-refractivity contribution in [2.24, 2.45) is 0 Å². The SMILES string of the molecule is COCC(CCCNC(=O)OC(C)(C)C)N[C@@H](C)c1cccs1. The molecule has 0 aliphatic heterocycles. The summed E-state index contributed by atoms with van der Waals surface area (Å²) < 4.78 is 10.5. The molecule has 1 rings (SSSR count). The minimum Gasteiger partial charge on any atom is -0.444 e. The van der Waals surface area contributed by atoms with Crippen LogP contribution in [0.2, 0.25) is 0 Å². The Morgan fingerprint density at radius 2 is 2.13 bits per heavy atom. The number of rotatable bonds is 9. The highest BCUT2D eigenvalue weighted by Gasteiger charge is 2.16. The Bertz CT molecular complexity index is 443. The molecule has 0 radical (unpaired) electrons. The lowest BCUT2D eigenvalue weighted by Gasteiger charge is -2.23. The van der Waals surface area contributed by atoms with E-state index in [-0.39, 0.29) is 12.1 Å². The van der Waals surface area contributed by atoms with Crippen molar-refractivity contribution in [1.29, 1.82) is 0 Å². The Kier molecular flexibility index (Phi) is 8.58. The lowest BCUT2D eigenvalue weighted by atomic mass is 10.1. The maximum atomic E-state index is 11.6. The van der Waals surface area contributed by atoms with Crippen LogP contribution in [0.4, 0.5) is 4.79 Å². The number of thiophene rings is 1. The van der Waals surface area contributed by atoms with E-state index in [4.69, 9.17) is 9.47 Å². The van der Waals surface area contributed by atoms with Crippen LogP contribution >= 0.6 is 11.3 Å². The molecule has 0 saturated heterocycles. The zero-order valence-corrected chi connectivity index (χ0v) is 15.7. The lowest BCUT2D eigenvalue weighted by molar-refractivity contribution is 0.0526. The molecule has 0 fully saturated rings. The molecule has 0 aromatic carbocycles. The summed E-state index contributed by atoms with van der Waals surface area (Å²) in [5.74, 6) is 0. The van der Waals surface area contributed by atoms with Gasteiger partial charge in [0.2, 0.25) is 0 Å². The first-order chi connectivity index (χ1) is 10.8. The van der Waals surface area contributed by atoms with Gasteiger partial charge in [0.25, 0.3) is 0 Å². The molecule has 2 atom stereocenters. The second-order valence-corrected chi connectivity index (χ2v) is 7.61. The normalized spacial score (nSPS) is 14.3. The predicted molar refractivity (Wildman–Crippen MR) is 95.0 cm³/mol. The van der Waals surface area contributed by atoms with E-state index in [0.29, 0.717) is 19.2 Å². The molecule has 23 heavy (non-hydrogen) atoms. The fourth-order valence-corrected chi connectivity index (χ4v) is 2.99. The van der Waals surface area contributed by atoms with Gasteiger partial charge >= 0.3 is 6.09 Å². The topological polar surface area (TPSA) is 59.6 Å². The number of ether oxygens (including phenoxy) is 2. The van der Waals surface area contributed by atoms with Crippen LogP contribution in [0.25, 0.3) is 0 Å². The third-order valence-electron chi connectivity index (χ3n) is 3.22. The first-order valence-electron chi connectivity index (χ1n) is 8.07. The van der Waals surface area contributed by atoms with Crippen LogP contribution in [0.1, 0.15) is 51.5 Å². The fourth-order valence-electron chi connectivity index (χ4n) is 2.24. The highest BCUT2D eigenvalue weighted by Crippen LogP contribution is 2.19. The van der Waals surface area contributed by atoms with Crippen LogP contribution in [-0.4, -0.2) is 38.0 Å². The third kappa shape index (κ3) is 8.93. The zero-order chi connectivity index (χ0) is 17.3. The van der Waals surface area contributed by atoms with Gasteiger partial charge in [-0.2, -0.15) is 0 Å². The Hall–Kier alpha value is -1.11. The van der Waals surface area contributed by atoms with Crippen LogP contribution in [0, 0.1) is 0 Å². The predicted octanol–water partition coefficient (Wildman–Crippen LogP) is 3.72. The average molecular weight is 343 g/mol. The molecule has 1 aromatic heterocycles. The Balaban J connectivity index is 2.29. The Morgan fingerprint density at radius 1 is 1.39 bits per heavy atom. The zero-order valence-electron chi connectivity index (χ0n) is 14.8. The number of alkyl carbamates (subject to hydrolysis) is 1. The van der Waals surface area contributed by atoms with Gasteiger partial charge in [0, 0.05) is 30.6 Å². The van der Waals surface area contributed by atoms with E-state index >= 15 is 0 Å². The highest BCUT2D eigenvalue weighted by molar-refractivity contribution is 7.10. The maximum Gasteiger partial charge on any atom is 0.407 e. The van der Waals surface area contributed by atoms with Gasteiger partial charge in [-0.05, 0) is 52.0 Å². The van der Waals surface area contributed by atoms with Gasteiger partial charge in [-0.3, -0.25) is 0 Å². The van der Waals surface area contributed by atoms with Crippen LogP contribution in [-0.2, 0) is 9.47 Å². The molecule has 1 unspecified atom stereocenters. The van der Waals surface area contributed by atoms with Gasteiger partial charge in [0.1, 0.15) is 5.60 Å². The summed E-state index contributed by atoms with van der Waals surface area (Å²) in [4.78, 5) is 12.9. The van der Waals surface area contributed by atoms with Gasteiger partial charge in [-0.15, -0.1) is 11.3 Å². The first-order valence-corrected chi connectivity index (χ1v) is 8.95. The second kappa shape index (κ2) is 9.90. The molecule has 1 heterocycles.